The average Bonchev–Trinajstić information content (AvgIpc) is 3.51. The highest BCUT2D eigenvalue weighted by Gasteiger charge is 2.24. The number of amides is 2. The molecule has 5 rings (SSSR count). The van der Waals surface area contributed by atoms with Crippen molar-refractivity contribution in [2.45, 2.75) is 31.9 Å². The van der Waals surface area contributed by atoms with Gasteiger partial charge in [-0.25, -0.2) is 15.0 Å². The van der Waals surface area contributed by atoms with E-state index in [0.717, 1.165) is 6.42 Å². The van der Waals surface area contributed by atoms with Crippen LogP contribution in [-0.2, 0) is 9.53 Å². The Hall–Kier alpha value is -5.08. The van der Waals surface area contributed by atoms with Crippen LogP contribution in [-0.4, -0.2) is 50.6 Å². The number of nitrogens with zero attached hydrogens (tertiary/aromatic N) is 4. The van der Waals surface area contributed by atoms with E-state index in [1.807, 2.05) is 18.2 Å². The number of hydrogen-bond donors (Lipinski definition) is 3. The zero-order valence-corrected chi connectivity index (χ0v) is 21.8. The Kier molecular flexibility index (Phi) is 7.80. The Balaban J connectivity index is 1.51. The molecule has 11 heteroatoms. The molecule has 1 saturated heterocycles. The van der Waals surface area contributed by atoms with Crippen LogP contribution in [0.15, 0.2) is 65.7 Å². The minimum absolute atomic E-state index is 0.00528. The third kappa shape index (κ3) is 5.52. The number of ether oxygens (including phenoxy) is 1. The molecule has 2 aromatic heterocycles. The van der Waals surface area contributed by atoms with Crippen LogP contribution in [0.2, 0.25) is 0 Å². The van der Waals surface area contributed by atoms with Gasteiger partial charge in [-0.15, -0.1) is 0 Å². The van der Waals surface area contributed by atoms with Crippen LogP contribution in [0, 0.1) is 11.8 Å². The van der Waals surface area contributed by atoms with E-state index in [9.17, 15) is 14.4 Å². The maximum atomic E-state index is 14.0. The Bertz CT molecular complexity index is 1690. The monoisotopic (exact) mass is 537 g/mol. The van der Waals surface area contributed by atoms with Crippen LogP contribution in [0.3, 0.4) is 0 Å². The lowest BCUT2D eigenvalue weighted by atomic mass is 10.1. The van der Waals surface area contributed by atoms with Crippen molar-refractivity contribution in [2.24, 2.45) is 0 Å². The number of para-hydroxylation sites is 1. The molecule has 0 bridgehead atoms. The highest BCUT2D eigenvalue weighted by molar-refractivity contribution is 5.96. The van der Waals surface area contributed by atoms with Crippen molar-refractivity contribution in [3.05, 3.63) is 88.4 Å². The first kappa shape index (κ1) is 26.5. The van der Waals surface area contributed by atoms with Crippen LogP contribution in [0.1, 0.15) is 47.7 Å². The molecule has 2 atom stereocenters. The molecule has 0 saturated carbocycles. The number of benzene rings is 2. The zero-order chi connectivity index (χ0) is 28.1. The van der Waals surface area contributed by atoms with Gasteiger partial charge in [-0.3, -0.25) is 19.0 Å². The first-order chi connectivity index (χ1) is 19.4. The first-order valence-corrected chi connectivity index (χ1v) is 12.8. The fourth-order valence-electron chi connectivity index (χ4n) is 4.49. The van der Waals surface area contributed by atoms with Crippen molar-refractivity contribution in [2.75, 3.05) is 18.9 Å². The number of anilines is 1. The molecule has 0 radical (unpaired) electrons. The van der Waals surface area contributed by atoms with E-state index < -0.39 is 18.1 Å². The van der Waals surface area contributed by atoms with E-state index in [0.29, 0.717) is 41.0 Å². The summed E-state index contributed by atoms with van der Waals surface area (Å²) in [6.07, 6.45) is 3.89. The second kappa shape index (κ2) is 11.8. The van der Waals surface area contributed by atoms with Crippen molar-refractivity contribution in [3.63, 3.8) is 0 Å². The first-order valence-electron chi connectivity index (χ1n) is 12.8. The molecule has 3 heterocycles. The number of aromatic nitrogens is 4. The van der Waals surface area contributed by atoms with Crippen molar-refractivity contribution < 1.29 is 14.3 Å². The highest BCUT2D eigenvalue weighted by atomic mass is 16.5. The lowest BCUT2D eigenvalue weighted by Crippen LogP contribution is -2.34. The summed E-state index contributed by atoms with van der Waals surface area (Å²) in [6.45, 7) is 2.42. The second-order valence-corrected chi connectivity index (χ2v) is 9.15. The number of nitrogen functional groups attached to an aromatic ring is 1. The van der Waals surface area contributed by atoms with Crippen molar-refractivity contribution in [3.8, 4) is 17.5 Å². The predicted molar refractivity (Wildman–Crippen MR) is 149 cm³/mol. The standard InChI is InChI=1S/C29H27N7O4/c1-18(34-28(38)24-25(30)32-16-15-31-24)26-35-21-12-5-8-19(9-6-14-33-27(37)22-13-7-17-40-22)23(21)29(39)36(26)20-10-3-2-4-11-20/h2-5,8,10-12,15-16,18,22H,7,13-14,17H2,1H3,(H2,30,32)(H,33,37)(H,34,38)/t18-,22+/m0/s1. The molecule has 4 aromatic rings. The summed E-state index contributed by atoms with van der Waals surface area (Å²) < 4.78 is 6.85. The largest absolute Gasteiger partial charge is 0.382 e. The number of hydrogen-bond acceptors (Lipinski definition) is 8. The van der Waals surface area contributed by atoms with E-state index in [2.05, 4.69) is 32.4 Å². The van der Waals surface area contributed by atoms with E-state index in [1.54, 1.807) is 37.3 Å². The number of rotatable bonds is 6. The Morgan fingerprint density at radius 3 is 2.70 bits per heavy atom. The van der Waals surface area contributed by atoms with Gasteiger partial charge in [-0.2, -0.15) is 0 Å². The number of nitrogens with one attached hydrogen (secondary N) is 2. The van der Waals surface area contributed by atoms with Gasteiger partial charge >= 0.3 is 0 Å². The minimum atomic E-state index is -0.700. The predicted octanol–water partition coefficient (Wildman–Crippen LogP) is 1.90. The number of carbonyl (C=O) groups is 2. The molecule has 2 aromatic carbocycles. The number of nitrogens with two attached hydrogens (primary N) is 1. The van der Waals surface area contributed by atoms with Gasteiger partial charge in [0.05, 0.1) is 29.2 Å². The molecular weight excluding hydrogens is 510 g/mol. The van der Waals surface area contributed by atoms with Gasteiger partial charge in [-0.05, 0) is 44.0 Å². The van der Waals surface area contributed by atoms with Gasteiger partial charge in [-0.1, -0.05) is 36.1 Å². The lowest BCUT2D eigenvalue weighted by Gasteiger charge is -2.20. The second-order valence-electron chi connectivity index (χ2n) is 9.15. The van der Waals surface area contributed by atoms with Gasteiger partial charge in [0.2, 0.25) is 5.91 Å². The lowest BCUT2D eigenvalue weighted by molar-refractivity contribution is -0.129. The van der Waals surface area contributed by atoms with Gasteiger partial charge in [0.15, 0.2) is 11.5 Å². The molecule has 1 aliphatic heterocycles. The van der Waals surface area contributed by atoms with Crippen LogP contribution in [0.4, 0.5) is 5.82 Å². The molecule has 0 aliphatic carbocycles. The summed E-state index contributed by atoms with van der Waals surface area (Å²) in [4.78, 5) is 51.8. The van der Waals surface area contributed by atoms with Crippen LogP contribution >= 0.6 is 0 Å². The van der Waals surface area contributed by atoms with Gasteiger partial charge < -0.3 is 21.1 Å². The van der Waals surface area contributed by atoms with Crippen molar-refractivity contribution in [1.29, 1.82) is 0 Å². The molecule has 0 unspecified atom stereocenters. The van der Waals surface area contributed by atoms with Gasteiger partial charge in [0.25, 0.3) is 11.5 Å². The van der Waals surface area contributed by atoms with Crippen LogP contribution in [0.25, 0.3) is 16.6 Å². The quantitative estimate of drug-likeness (QED) is 0.315. The average molecular weight is 538 g/mol. The number of carbonyl (C=O) groups excluding carboxylic acids is 2. The number of fused-ring (bicyclic) bond motifs is 1. The maximum Gasteiger partial charge on any atom is 0.274 e. The van der Waals surface area contributed by atoms with Gasteiger partial charge in [0, 0.05) is 24.6 Å². The third-order valence-corrected chi connectivity index (χ3v) is 6.41. The molecule has 11 nitrogen and oxygen atoms in total. The summed E-state index contributed by atoms with van der Waals surface area (Å²) in [5, 5.41) is 5.91. The summed E-state index contributed by atoms with van der Waals surface area (Å²) in [5.74, 6) is 5.50. The van der Waals surface area contributed by atoms with Crippen molar-refractivity contribution >= 4 is 28.5 Å². The Morgan fingerprint density at radius 2 is 1.95 bits per heavy atom. The third-order valence-electron chi connectivity index (χ3n) is 6.41. The molecule has 1 aliphatic rings. The summed E-state index contributed by atoms with van der Waals surface area (Å²) in [7, 11) is 0. The maximum absolute atomic E-state index is 14.0. The van der Waals surface area contributed by atoms with Gasteiger partial charge in [0.1, 0.15) is 11.9 Å². The smallest absolute Gasteiger partial charge is 0.274 e. The van der Waals surface area contributed by atoms with Crippen molar-refractivity contribution in [1.82, 2.24) is 30.2 Å². The van der Waals surface area contributed by atoms with Crippen LogP contribution in [0.5, 0.6) is 0 Å². The normalized spacial score (nSPS) is 15.2. The zero-order valence-electron chi connectivity index (χ0n) is 21.8. The molecular formula is C29H27N7O4. The van der Waals surface area contributed by atoms with E-state index in [-0.39, 0.29) is 29.5 Å². The Labute approximate surface area is 229 Å². The SMILES string of the molecule is C[C@H](NC(=O)c1nccnc1N)c1nc2cccc(C#CCNC(=O)[C@H]3CCCO3)c2c(=O)n1-c1ccccc1. The summed E-state index contributed by atoms with van der Waals surface area (Å²) in [6, 6.07) is 13.5. The van der Waals surface area contributed by atoms with E-state index in [1.165, 1.54) is 17.0 Å². The van der Waals surface area contributed by atoms with Crippen LogP contribution < -0.4 is 21.9 Å². The molecule has 0 spiro atoms. The van der Waals surface area contributed by atoms with E-state index >= 15 is 0 Å². The fourth-order valence-corrected chi connectivity index (χ4v) is 4.49. The minimum Gasteiger partial charge on any atom is -0.382 e. The molecule has 4 N–H and O–H groups in total. The molecule has 1 fully saturated rings. The molecule has 202 valence electrons. The highest BCUT2D eigenvalue weighted by Crippen LogP contribution is 2.20. The molecule has 2 amide bonds. The summed E-state index contributed by atoms with van der Waals surface area (Å²) >= 11 is 0. The molecule has 40 heavy (non-hydrogen) atoms. The summed E-state index contributed by atoms with van der Waals surface area (Å²) in [5.41, 5.74) is 6.92. The topological polar surface area (TPSA) is 154 Å². The van der Waals surface area contributed by atoms with E-state index in [4.69, 9.17) is 15.5 Å². The Morgan fingerprint density at radius 1 is 1.15 bits per heavy atom. The fraction of sp³-hybridized carbons (Fsp3) is 0.241.